The Kier molecular flexibility index (Phi) is 4.83. The van der Waals surface area contributed by atoms with E-state index in [-0.39, 0.29) is 11.8 Å². The Morgan fingerprint density at radius 1 is 1.18 bits per heavy atom. The number of anilines is 1. The lowest BCUT2D eigenvalue weighted by molar-refractivity contribution is -0.116. The summed E-state index contributed by atoms with van der Waals surface area (Å²) in [5, 5.41) is 7.23. The highest BCUT2D eigenvalue weighted by molar-refractivity contribution is 5.93. The van der Waals surface area contributed by atoms with E-state index in [1.165, 1.54) is 0 Å². The Morgan fingerprint density at radius 2 is 2.09 bits per heavy atom. The molecule has 0 saturated heterocycles. The Balaban J connectivity index is 1.23. The van der Waals surface area contributed by atoms with Crippen molar-refractivity contribution in [3.05, 3.63) is 65.4 Å². The number of aromatic amines is 1. The minimum Gasteiger partial charge on any atom is -0.493 e. The van der Waals surface area contributed by atoms with Gasteiger partial charge in [-0.2, -0.15) is 5.10 Å². The van der Waals surface area contributed by atoms with E-state index in [1.807, 2.05) is 55.2 Å². The molecule has 1 aromatic carbocycles. The Labute approximate surface area is 196 Å². The van der Waals surface area contributed by atoms with Crippen molar-refractivity contribution in [3.8, 4) is 28.6 Å². The van der Waals surface area contributed by atoms with Crippen molar-refractivity contribution in [2.75, 3.05) is 11.9 Å². The van der Waals surface area contributed by atoms with Gasteiger partial charge in [0.05, 0.1) is 35.8 Å². The first-order valence-electron chi connectivity index (χ1n) is 11.3. The average Bonchev–Trinajstić information content (AvgIpc) is 3.44. The van der Waals surface area contributed by atoms with Gasteiger partial charge in [0.1, 0.15) is 28.9 Å². The highest BCUT2D eigenvalue weighted by Gasteiger charge is 2.25. The van der Waals surface area contributed by atoms with Crippen molar-refractivity contribution in [1.29, 1.82) is 0 Å². The zero-order chi connectivity index (χ0) is 23.2. The fraction of sp³-hybridized carbons (Fsp3) is 0.280. The largest absolute Gasteiger partial charge is 0.493 e. The number of carbonyl (C=O) groups excluding carboxylic acids is 1. The van der Waals surface area contributed by atoms with Crippen LogP contribution in [-0.2, 0) is 24.7 Å². The molecule has 9 heteroatoms. The maximum atomic E-state index is 11.7. The average molecular weight is 457 g/mol. The number of H-pyrrole nitrogens is 1. The summed E-state index contributed by atoms with van der Waals surface area (Å²) < 4.78 is 14.1. The van der Waals surface area contributed by atoms with E-state index in [0.29, 0.717) is 31.0 Å². The standard InChI is InChI=1S/C25H24N6O3/c1-14-9-20(31(2)30-14)19-12-27-24(28-19)16-10-15-11-17(3-5-21(15)33-13-16)34-22-7-8-26-25-18(22)4-6-23(32)29-25/h3,5,7-9,11-12,16H,4,6,10,13H2,1-2H3,(H,27,28)(H,26,29,32). The van der Waals surface area contributed by atoms with Crippen molar-refractivity contribution in [3.63, 3.8) is 0 Å². The van der Waals surface area contributed by atoms with Crippen LogP contribution in [0.2, 0.25) is 0 Å². The van der Waals surface area contributed by atoms with E-state index in [1.54, 1.807) is 6.20 Å². The van der Waals surface area contributed by atoms with Gasteiger partial charge < -0.3 is 19.8 Å². The van der Waals surface area contributed by atoms with E-state index in [2.05, 4.69) is 25.4 Å². The molecule has 2 aliphatic rings. The van der Waals surface area contributed by atoms with Crippen LogP contribution in [0.3, 0.4) is 0 Å². The first-order chi connectivity index (χ1) is 16.5. The van der Waals surface area contributed by atoms with Gasteiger partial charge in [-0.15, -0.1) is 0 Å². The number of nitrogens with one attached hydrogen (secondary N) is 2. The van der Waals surface area contributed by atoms with Gasteiger partial charge in [-0.3, -0.25) is 9.48 Å². The zero-order valence-corrected chi connectivity index (χ0v) is 19.0. The second-order valence-corrected chi connectivity index (χ2v) is 8.74. The molecule has 0 bridgehead atoms. The molecule has 0 saturated carbocycles. The van der Waals surface area contributed by atoms with Crippen LogP contribution < -0.4 is 14.8 Å². The summed E-state index contributed by atoms with van der Waals surface area (Å²) in [6.45, 7) is 2.53. The summed E-state index contributed by atoms with van der Waals surface area (Å²) in [6, 6.07) is 9.74. The summed E-state index contributed by atoms with van der Waals surface area (Å²) in [5.74, 6) is 3.85. The number of rotatable bonds is 4. The van der Waals surface area contributed by atoms with Gasteiger partial charge >= 0.3 is 0 Å². The molecule has 0 radical (unpaired) electrons. The number of ether oxygens (including phenoxy) is 2. The molecule has 0 fully saturated rings. The predicted octanol–water partition coefficient (Wildman–Crippen LogP) is 3.91. The summed E-state index contributed by atoms with van der Waals surface area (Å²) in [6.07, 6.45) is 5.33. The summed E-state index contributed by atoms with van der Waals surface area (Å²) in [5.41, 5.74) is 4.90. The van der Waals surface area contributed by atoms with Gasteiger partial charge in [0.25, 0.3) is 0 Å². The lowest BCUT2D eigenvalue weighted by atomic mass is 9.96. The van der Waals surface area contributed by atoms with Crippen molar-refractivity contribution < 1.29 is 14.3 Å². The summed E-state index contributed by atoms with van der Waals surface area (Å²) in [4.78, 5) is 24.0. The molecule has 0 aliphatic carbocycles. The summed E-state index contributed by atoms with van der Waals surface area (Å²) in [7, 11) is 1.93. The molecule has 1 unspecified atom stereocenters. The highest BCUT2D eigenvalue weighted by atomic mass is 16.5. The first-order valence-corrected chi connectivity index (χ1v) is 11.3. The van der Waals surface area contributed by atoms with E-state index in [9.17, 15) is 4.79 Å². The van der Waals surface area contributed by atoms with Gasteiger partial charge in [0, 0.05) is 25.2 Å². The number of carbonyl (C=O) groups is 1. The van der Waals surface area contributed by atoms with E-state index < -0.39 is 0 Å². The van der Waals surface area contributed by atoms with Crippen LogP contribution in [0.1, 0.15) is 35.0 Å². The maximum Gasteiger partial charge on any atom is 0.225 e. The molecule has 172 valence electrons. The van der Waals surface area contributed by atoms with Crippen LogP contribution in [0.4, 0.5) is 5.82 Å². The fourth-order valence-electron chi connectivity index (χ4n) is 4.63. The number of hydrogen-bond acceptors (Lipinski definition) is 6. The van der Waals surface area contributed by atoms with Crippen LogP contribution in [0, 0.1) is 6.92 Å². The topological polar surface area (TPSA) is 107 Å². The molecule has 0 spiro atoms. The molecule has 5 heterocycles. The number of benzene rings is 1. The molecule has 1 atom stereocenters. The van der Waals surface area contributed by atoms with Gasteiger partial charge in [-0.25, -0.2) is 9.97 Å². The van der Waals surface area contributed by atoms with Crippen molar-refractivity contribution in [2.45, 2.75) is 32.1 Å². The number of amides is 1. The van der Waals surface area contributed by atoms with Gasteiger partial charge in [-0.1, -0.05) is 0 Å². The lowest BCUT2D eigenvalue weighted by Gasteiger charge is -2.25. The fourth-order valence-corrected chi connectivity index (χ4v) is 4.63. The summed E-state index contributed by atoms with van der Waals surface area (Å²) >= 11 is 0. The monoisotopic (exact) mass is 456 g/mol. The molecule has 6 rings (SSSR count). The highest BCUT2D eigenvalue weighted by Crippen LogP contribution is 2.37. The van der Waals surface area contributed by atoms with Crippen LogP contribution in [-0.4, -0.2) is 37.2 Å². The first kappa shape index (κ1) is 20.5. The molecule has 1 amide bonds. The van der Waals surface area contributed by atoms with Crippen LogP contribution in [0.15, 0.2) is 42.7 Å². The smallest absolute Gasteiger partial charge is 0.225 e. The van der Waals surface area contributed by atoms with Crippen molar-refractivity contribution >= 4 is 11.7 Å². The van der Waals surface area contributed by atoms with Gasteiger partial charge in [0.2, 0.25) is 5.91 Å². The molecular formula is C25H24N6O3. The molecule has 34 heavy (non-hydrogen) atoms. The van der Waals surface area contributed by atoms with Crippen molar-refractivity contribution in [2.24, 2.45) is 7.05 Å². The number of fused-ring (bicyclic) bond motifs is 2. The Bertz CT molecular complexity index is 1410. The van der Waals surface area contributed by atoms with Crippen LogP contribution in [0.25, 0.3) is 11.4 Å². The second-order valence-electron chi connectivity index (χ2n) is 8.74. The maximum absolute atomic E-state index is 11.7. The minimum atomic E-state index is -0.0197. The third-order valence-electron chi connectivity index (χ3n) is 6.30. The third kappa shape index (κ3) is 3.68. The van der Waals surface area contributed by atoms with Crippen LogP contribution >= 0.6 is 0 Å². The van der Waals surface area contributed by atoms with Crippen LogP contribution in [0.5, 0.6) is 17.2 Å². The number of imidazole rings is 1. The third-order valence-corrected chi connectivity index (χ3v) is 6.30. The van der Waals surface area contributed by atoms with E-state index in [0.717, 1.165) is 52.0 Å². The number of aromatic nitrogens is 5. The Morgan fingerprint density at radius 3 is 2.94 bits per heavy atom. The quantitative estimate of drug-likeness (QED) is 0.482. The zero-order valence-electron chi connectivity index (χ0n) is 19.0. The molecular weight excluding hydrogens is 432 g/mol. The minimum absolute atomic E-state index is 0.0197. The van der Waals surface area contributed by atoms with E-state index in [4.69, 9.17) is 9.47 Å². The molecule has 9 nitrogen and oxygen atoms in total. The predicted molar refractivity (Wildman–Crippen MR) is 125 cm³/mol. The molecule has 3 aromatic heterocycles. The number of pyridine rings is 1. The van der Waals surface area contributed by atoms with Gasteiger partial charge in [-0.05, 0) is 55.7 Å². The number of hydrogen-bond donors (Lipinski definition) is 2. The molecule has 2 aliphatic heterocycles. The van der Waals surface area contributed by atoms with E-state index >= 15 is 0 Å². The van der Waals surface area contributed by atoms with Gasteiger partial charge in [0.15, 0.2) is 0 Å². The SMILES string of the molecule is Cc1cc(-c2cnc(C3COc4ccc(Oc5ccnc6c5CCC(=O)N6)cc4C3)[nH]2)n(C)n1. The Hall–Kier alpha value is -4.14. The number of aryl methyl sites for hydroxylation is 2. The second kappa shape index (κ2) is 8.02. The molecule has 4 aromatic rings. The number of nitrogens with zero attached hydrogens (tertiary/aromatic N) is 4. The normalized spacial score (nSPS) is 16.9. The molecule has 2 N–H and O–H groups in total. The van der Waals surface area contributed by atoms with Crippen molar-refractivity contribution in [1.82, 2.24) is 24.7 Å². The lowest BCUT2D eigenvalue weighted by Crippen LogP contribution is -2.20.